The number of nitrogens with zero attached hydrogens (tertiary/aromatic N) is 1. The van der Waals surface area contributed by atoms with Crippen molar-refractivity contribution < 1.29 is 14.7 Å². The standard InChI is InChI=1S/C56H115N5O3/c1-5-9-13-17-25-33-43-53(41-31-15-11-7-3)51-59-55(63)57-45-35-27-21-19-23-29-37-47-61(49-39-40-50-62)48-38-30-24-20-22-28-36-46-58-56(64)60-52-54(42-32-16-12-8-4)44-34-26-18-14-10-6-2/h53-54,62H,5-52H2,1-4H3,(H2,57,59,63)(H2,58,60,64). The van der Waals surface area contributed by atoms with Gasteiger partial charge in [0.15, 0.2) is 0 Å². The van der Waals surface area contributed by atoms with Gasteiger partial charge in [-0.1, -0.05) is 220 Å². The van der Waals surface area contributed by atoms with Crippen LogP contribution in [0.2, 0.25) is 0 Å². The first-order chi connectivity index (χ1) is 31.5. The first kappa shape index (κ1) is 62.5. The summed E-state index contributed by atoms with van der Waals surface area (Å²) >= 11 is 0. The van der Waals surface area contributed by atoms with E-state index in [1.807, 2.05) is 0 Å². The van der Waals surface area contributed by atoms with Crippen LogP contribution in [-0.2, 0) is 0 Å². The summed E-state index contributed by atoms with van der Waals surface area (Å²) in [6, 6.07) is 0.0500. The fourth-order valence-corrected chi connectivity index (χ4v) is 9.32. The van der Waals surface area contributed by atoms with Gasteiger partial charge in [-0.25, -0.2) is 9.59 Å². The van der Waals surface area contributed by atoms with Gasteiger partial charge in [-0.2, -0.15) is 0 Å². The van der Waals surface area contributed by atoms with Crippen molar-refractivity contribution in [3.63, 3.8) is 0 Å². The molecular formula is C56H115N5O3. The van der Waals surface area contributed by atoms with Gasteiger partial charge in [0.2, 0.25) is 0 Å². The molecule has 0 fully saturated rings. The predicted octanol–water partition coefficient (Wildman–Crippen LogP) is 15.8. The Balaban J connectivity index is 4.03. The van der Waals surface area contributed by atoms with Crippen LogP contribution in [-0.4, -0.2) is 74.5 Å². The van der Waals surface area contributed by atoms with Crippen molar-refractivity contribution in [1.82, 2.24) is 26.2 Å². The summed E-state index contributed by atoms with van der Waals surface area (Å²) in [5.41, 5.74) is 0. The predicted molar refractivity (Wildman–Crippen MR) is 281 cm³/mol. The first-order valence-corrected chi connectivity index (χ1v) is 28.9. The Bertz CT molecular complexity index is 870. The number of nitrogens with one attached hydrogen (secondary N) is 4. The molecule has 0 radical (unpaired) electrons. The van der Waals surface area contributed by atoms with Crippen LogP contribution in [0.3, 0.4) is 0 Å². The van der Waals surface area contributed by atoms with Gasteiger partial charge in [-0.15, -0.1) is 0 Å². The first-order valence-electron chi connectivity index (χ1n) is 28.9. The van der Waals surface area contributed by atoms with Crippen LogP contribution in [0.5, 0.6) is 0 Å². The second kappa shape index (κ2) is 52.4. The lowest BCUT2D eigenvalue weighted by Crippen LogP contribution is -2.38. The average molecular weight is 907 g/mol. The van der Waals surface area contributed by atoms with Crippen molar-refractivity contribution >= 4 is 12.1 Å². The van der Waals surface area contributed by atoms with Crippen LogP contribution >= 0.6 is 0 Å². The SMILES string of the molecule is CCCCCCCCC(CCCCCC)CNC(=O)NCCCCCCCCCN(CCCCO)CCCCCCCCCNC(=O)NCC(CCCCCC)CCCCCCCC. The maximum atomic E-state index is 12.5. The quantitative estimate of drug-likeness (QED) is 0.0392. The summed E-state index contributed by atoms with van der Waals surface area (Å²) in [5, 5.41) is 22.0. The molecule has 0 aliphatic carbocycles. The highest BCUT2D eigenvalue weighted by Gasteiger charge is 2.12. The topological polar surface area (TPSA) is 106 Å². The Labute approximate surface area is 400 Å². The van der Waals surface area contributed by atoms with Crippen molar-refractivity contribution in [2.75, 3.05) is 52.4 Å². The molecule has 0 bridgehead atoms. The number of hydrogen-bond donors (Lipinski definition) is 5. The minimum Gasteiger partial charge on any atom is -0.396 e. The summed E-state index contributed by atoms with van der Waals surface area (Å²) in [7, 11) is 0. The Morgan fingerprint density at radius 3 is 0.938 bits per heavy atom. The summed E-state index contributed by atoms with van der Waals surface area (Å²) in [5.74, 6) is 1.24. The molecule has 2 atom stereocenters. The molecule has 0 aliphatic rings. The van der Waals surface area contributed by atoms with E-state index in [4.69, 9.17) is 0 Å². The second-order valence-corrected chi connectivity index (χ2v) is 20.0. The highest BCUT2D eigenvalue weighted by molar-refractivity contribution is 5.74. The molecule has 64 heavy (non-hydrogen) atoms. The smallest absolute Gasteiger partial charge is 0.314 e. The lowest BCUT2D eigenvalue weighted by Gasteiger charge is -2.22. The molecular weight excluding hydrogens is 791 g/mol. The number of hydrogen-bond acceptors (Lipinski definition) is 4. The summed E-state index contributed by atoms with van der Waals surface area (Å²) in [6.07, 6.45) is 50.9. The second-order valence-electron chi connectivity index (χ2n) is 20.0. The van der Waals surface area contributed by atoms with Gasteiger partial charge in [0.25, 0.3) is 0 Å². The molecule has 8 heteroatoms. The zero-order valence-electron chi connectivity index (χ0n) is 43.8. The molecule has 8 nitrogen and oxygen atoms in total. The molecule has 0 rings (SSSR count). The molecule has 0 spiro atoms. The van der Waals surface area contributed by atoms with Crippen LogP contribution in [0.4, 0.5) is 9.59 Å². The van der Waals surface area contributed by atoms with Gasteiger partial charge >= 0.3 is 12.1 Å². The number of amides is 4. The highest BCUT2D eigenvalue weighted by Crippen LogP contribution is 2.20. The van der Waals surface area contributed by atoms with Crippen molar-refractivity contribution in [1.29, 1.82) is 0 Å². The maximum absolute atomic E-state index is 12.5. The fraction of sp³-hybridized carbons (Fsp3) is 0.964. The third kappa shape index (κ3) is 47.0. The van der Waals surface area contributed by atoms with Gasteiger partial charge in [-0.3, -0.25) is 0 Å². The monoisotopic (exact) mass is 906 g/mol. The number of aliphatic hydroxyl groups is 1. The van der Waals surface area contributed by atoms with E-state index in [0.29, 0.717) is 18.4 Å². The van der Waals surface area contributed by atoms with Crippen LogP contribution in [0.15, 0.2) is 0 Å². The van der Waals surface area contributed by atoms with E-state index < -0.39 is 0 Å². The molecule has 0 heterocycles. The zero-order chi connectivity index (χ0) is 46.7. The van der Waals surface area contributed by atoms with Gasteiger partial charge in [0.1, 0.15) is 0 Å². The van der Waals surface area contributed by atoms with Crippen LogP contribution in [0.25, 0.3) is 0 Å². The lowest BCUT2D eigenvalue weighted by atomic mass is 9.94. The van der Waals surface area contributed by atoms with Crippen molar-refractivity contribution in [3.05, 3.63) is 0 Å². The zero-order valence-corrected chi connectivity index (χ0v) is 43.8. The molecule has 382 valence electrons. The number of unbranched alkanes of at least 4 members (excludes halogenated alkanes) is 29. The molecule has 0 aliphatic heterocycles. The summed E-state index contributed by atoms with van der Waals surface area (Å²) in [6.45, 7) is 16.1. The number of carbonyl (C=O) groups excluding carboxylic acids is 2. The molecule has 0 saturated carbocycles. The van der Waals surface area contributed by atoms with Crippen LogP contribution in [0, 0.1) is 11.8 Å². The van der Waals surface area contributed by atoms with Crippen molar-refractivity contribution in [3.8, 4) is 0 Å². The minimum atomic E-state index is 0.0250. The van der Waals surface area contributed by atoms with Gasteiger partial charge < -0.3 is 31.3 Å². The highest BCUT2D eigenvalue weighted by atomic mass is 16.3. The Hall–Kier alpha value is -1.54. The van der Waals surface area contributed by atoms with Crippen LogP contribution in [0.1, 0.15) is 285 Å². The van der Waals surface area contributed by atoms with E-state index in [1.54, 1.807) is 0 Å². The van der Waals surface area contributed by atoms with E-state index >= 15 is 0 Å². The van der Waals surface area contributed by atoms with Crippen LogP contribution < -0.4 is 21.3 Å². The number of urea groups is 2. The number of aliphatic hydroxyl groups excluding tert-OH is 1. The Kier molecular flexibility index (Phi) is 51.2. The molecule has 5 N–H and O–H groups in total. The van der Waals surface area contributed by atoms with E-state index in [2.05, 4.69) is 53.9 Å². The summed E-state index contributed by atoms with van der Waals surface area (Å²) < 4.78 is 0. The van der Waals surface area contributed by atoms with E-state index in [9.17, 15) is 14.7 Å². The Morgan fingerprint density at radius 2 is 0.609 bits per heavy atom. The van der Waals surface area contributed by atoms with E-state index in [0.717, 1.165) is 58.4 Å². The van der Waals surface area contributed by atoms with Crippen molar-refractivity contribution in [2.45, 2.75) is 285 Å². The van der Waals surface area contributed by atoms with Gasteiger partial charge in [0.05, 0.1) is 0 Å². The Morgan fingerprint density at radius 1 is 0.344 bits per heavy atom. The van der Waals surface area contributed by atoms with E-state index in [1.165, 1.54) is 244 Å². The average Bonchev–Trinajstić information content (AvgIpc) is 3.30. The lowest BCUT2D eigenvalue weighted by molar-refractivity contribution is 0.234. The fourth-order valence-electron chi connectivity index (χ4n) is 9.32. The van der Waals surface area contributed by atoms with Gasteiger partial charge in [0, 0.05) is 32.8 Å². The number of carbonyl (C=O) groups is 2. The van der Waals surface area contributed by atoms with Crippen molar-refractivity contribution in [2.24, 2.45) is 11.8 Å². The molecule has 0 aromatic heterocycles. The van der Waals surface area contributed by atoms with Gasteiger partial charge in [-0.05, 0) is 95.7 Å². The maximum Gasteiger partial charge on any atom is 0.314 e. The molecule has 2 unspecified atom stereocenters. The molecule has 0 aromatic rings. The molecule has 0 aromatic carbocycles. The third-order valence-corrected chi connectivity index (χ3v) is 13.7. The summed E-state index contributed by atoms with van der Waals surface area (Å²) in [4.78, 5) is 27.7. The molecule has 4 amide bonds. The molecule has 0 saturated heterocycles. The van der Waals surface area contributed by atoms with E-state index in [-0.39, 0.29) is 12.1 Å². The number of rotatable bonds is 52. The largest absolute Gasteiger partial charge is 0.396 e. The normalized spacial score (nSPS) is 12.5. The third-order valence-electron chi connectivity index (χ3n) is 13.7. The minimum absolute atomic E-state index is 0.0250.